The molecule has 0 atom stereocenters. The van der Waals surface area contributed by atoms with Crippen LogP contribution in [0.1, 0.15) is 53.3 Å². The maximum Gasteiger partial charge on any atom is 0.335 e. The second-order valence-electron chi connectivity index (χ2n) is 6.23. The average molecular weight is 401 g/mol. The van der Waals surface area contributed by atoms with Gasteiger partial charge in [-0.3, -0.25) is 10.1 Å². The lowest BCUT2D eigenvalue weighted by molar-refractivity contribution is 0.0696. The van der Waals surface area contributed by atoms with E-state index in [0.717, 1.165) is 18.6 Å². The summed E-state index contributed by atoms with van der Waals surface area (Å²) in [5.41, 5.74) is 1.06. The van der Waals surface area contributed by atoms with Crippen LogP contribution in [0, 0.1) is 0 Å². The monoisotopic (exact) mass is 400 g/mol. The Balaban J connectivity index is 1.84. The highest BCUT2D eigenvalue weighted by Gasteiger charge is 2.09. The van der Waals surface area contributed by atoms with Crippen LogP contribution in [-0.2, 0) is 0 Å². The Morgan fingerprint density at radius 2 is 1.79 bits per heavy atom. The number of carboxylic acids is 1. The van der Waals surface area contributed by atoms with Gasteiger partial charge in [-0.05, 0) is 61.1 Å². The molecule has 0 saturated carbocycles. The predicted octanol–water partition coefficient (Wildman–Crippen LogP) is 4.47. The first kappa shape index (κ1) is 21.4. The predicted molar refractivity (Wildman–Crippen MR) is 113 cm³/mol. The molecule has 7 heteroatoms. The SMILES string of the molecule is CCCCCCOc1ccc(C(=O)NC(=S)Nc2cccc(C(=O)O)c2)cc1. The van der Waals surface area contributed by atoms with E-state index in [1.807, 2.05) is 0 Å². The Morgan fingerprint density at radius 3 is 2.46 bits per heavy atom. The number of ether oxygens (including phenoxy) is 1. The van der Waals surface area contributed by atoms with E-state index >= 15 is 0 Å². The summed E-state index contributed by atoms with van der Waals surface area (Å²) >= 11 is 5.12. The second-order valence-corrected chi connectivity index (χ2v) is 6.64. The van der Waals surface area contributed by atoms with E-state index in [9.17, 15) is 9.59 Å². The summed E-state index contributed by atoms with van der Waals surface area (Å²) in [5.74, 6) is -0.674. The van der Waals surface area contributed by atoms with Gasteiger partial charge in [0.1, 0.15) is 5.75 Å². The molecule has 0 radical (unpaired) electrons. The van der Waals surface area contributed by atoms with Gasteiger partial charge in [0, 0.05) is 11.3 Å². The molecule has 28 heavy (non-hydrogen) atoms. The minimum absolute atomic E-state index is 0.0868. The molecule has 0 aliphatic heterocycles. The number of carboxylic acid groups (broad SMARTS) is 1. The van der Waals surface area contributed by atoms with Crippen molar-refractivity contribution in [2.45, 2.75) is 32.6 Å². The number of benzene rings is 2. The molecule has 2 aromatic carbocycles. The van der Waals surface area contributed by atoms with E-state index in [1.165, 1.54) is 25.0 Å². The van der Waals surface area contributed by atoms with Crippen LogP contribution in [0.2, 0.25) is 0 Å². The van der Waals surface area contributed by atoms with E-state index < -0.39 is 5.97 Å². The van der Waals surface area contributed by atoms with Crippen LogP contribution in [0.25, 0.3) is 0 Å². The van der Waals surface area contributed by atoms with Gasteiger partial charge in [0.05, 0.1) is 12.2 Å². The lowest BCUT2D eigenvalue weighted by atomic mass is 10.2. The van der Waals surface area contributed by atoms with E-state index in [4.69, 9.17) is 22.1 Å². The zero-order valence-corrected chi connectivity index (χ0v) is 16.6. The largest absolute Gasteiger partial charge is 0.494 e. The number of thiocarbonyl (C=S) groups is 1. The van der Waals surface area contributed by atoms with Gasteiger partial charge < -0.3 is 15.2 Å². The van der Waals surface area contributed by atoms with Crippen molar-refractivity contribution in [2.75, 3.05) is 11.9 Å². The van der Waals surface area contributed by atoms with Gasteiger partial charge in [-0.15, -0.1) is 0 Å². The van der Waals surface area contributed by atoms with Crippen molar-refractivity contribution in [3.05, 3.63) is 59.7 Å². The normalized spacial score (nSPS) is 10.2. The fraction of sp³-hybridized carbons (Fsp3) is 0.286. The third-order valence-electron chi connectivity index (χ3n) is 3.98. The van der Waals surface area contributed by atoms with Gasteiger partial charge in [0.2, 0.25) is 0 Å². The van der Waals surface area contributed by atoms with Crippen LogP contribution in [0.3, 0.4) is 0 Å². The average Bonchev–Trinajstić information content (AvgIpc) is 2.68. The third-order valence-corrected chi connectivity index (χ3v) is 4.18. The molecule has 1 amide bonds. The fourth-order valence-electron chi connectivity index (χ4n) is 2.49. The molecular weight excluding hydrogens is 376 g/mol. The van der Waals surface area contributed by atoms with Crippen LogP contribution in [-0.4, -0.2) is 28.7 Å². The Bertz CT molecular complexity index is 821. The summed E-state index contributed by atoms with van der Waals surface area (Å²) in [4.78, 5) is 23.3. The second kappa shape index (κ2) is 11.0. The Morgan fingerprint density at radius 1 is 1.04 bits per heavy atom. The molecular formula is C21H24N2O4S. The lowest BCUT2D eigenvalue weighted by Crippen LogP contribution is -2.34. The number of nitrogens with one attached hydrogen (secondary N) is 2. The third kappa shape index (κ3) is 7.00. The van der Waals surface area contributed by atoms with Crippen molar-refractivity contribution < 1.29 is 19.4 Å². The van der Waals surface area contributed by atoms with E-state index in [-0.39, 0.29) is 16.6 Å². The first-order valence-electron chi connectivity index (χ1n) is 9.18. The molecule has 0 aliphatic rings. The number of amides is 1. The number of rotatable bonds is 9. The molecule has 0 heterocycles. The van der Waals surface area contributed by atoms with Crippen LogP contribution in [0.4, 0.5) is 5.69 Å². The number of anilines is 1. The number of hydrogen-bond acceptors (Lipinski definition) is 4. The summed E-state index contributed by atoms with van der Waals surface area (Å²) in [6.07, 6.45) is 4.55. The van der Waals surface area contributed by atoms with Crippen LogP contribution < -0.4 is 15.4 Å². The molecule has 148 valence electrons. The number of carbonyl (C=O) groups excluding carboxylic acids is 1. The van der Waals surface area contributed by atoms with Gasteiger partial charge in [0.15, 0.2) is 5.11 Å². The molecule has 6 nitrogen and oxygen atoms in total. The number of aromatic carboxylic acids is 1. The molecule has 0 spiro atoms. The highest BCUT2D eigenvalue weighted by Crippen LogP contribution is 2.14. The molecule has 0 aliphatic carbocycles. The van der Waals surface area contributed by atoms with Gasteiger partial charge in [-0.1, -0.05) is 32.3 Å². The summed E-state index contributed by atoms with van der Waals surface area (Å²) in [5, 5.41) is 14.5. The highest BCUT2D eigenvalue weighted by molar-refractivity contribution is 7.80. The van der Waals surface area contributed by atoms with E-state index in [1.54, 1.807) is 36.4 Å². The molecule has 2 rings (SSSR count). The van der Waals surface area contributed by atoms with Crippen LogP contribution in [0.15, 0.2) is 48.5 Å². The van der Waals surface area contributed by atoms with Crippen molar-refractivity contribution >= 4 is 34.9 Å². The molecule has 2 aromatic rings. The van der Waals surface area contributed by atoms with E-state index in [0.29, 0.717) is 17.9 Å². The minimum Gasteiger partial charge on any atom is -0.494 e. The van der Waals surface area contributed by atoms with Crippen molar-refractivity contribution in [2.24, 2.45) is 0 Å². The molecule has 3 N–H and O–H groups in total. The first-order valence-corrected chi connectivity index (χ1v) is 9.59. The summed E-state index contributed by atoms with van der Waals surface area (Å²) in [6, 6.07) is 13.0. The first-order chi connectivity index (χ1) is 13.5. The number of carbonyl (C=O) groups is 2. The summed E-state index contributed by atoms with van der Waals surface area (Å²) < 4.78 is 5.66. The summed E-state index contributed by atoms with van der Waals surface area (Å²) in [6.45, 7) is 2.83. The Labute approximate surface area is 169 Å². The van der Waals surface area contributed by atoms with Crippen molar-refractivity contribution in [1.29, 1.82) is 0 Å². The molecule has 0 aromatic heterocycles. The highest BCUT2D eigenvalue weighted by atomic mass is 32.1. The lowest BCUT2D eigenvalue weighted by Gasteiger charge is -2.11. The van der Waals surface area contributed by atoms with Crippen LogP contribution >= 0.6 is 12.2 Å². The topological polar surface area (TPSA) is 87.7 Å². The zero-order valence-electron chi connectivity index (χ0n) is 15.7. The van der Waals surface area contributed by atoms with Gasteiger partial charge in [-0.25, -0.2) is 4.79 Å². The van der Waals surface area contributed by atoms with Crippen molar-refractivity contribution in [3.63, 3.8) is 0 Å². The number of hydrogen-bond donors (Lipinski definition) is 3. The van der Waals surface area contributed by atoms with Gasteiger partial charge in [0.25, 0.3) is 5.91 Å². The molecule has 0 unspecified atom stereocenters. The fourth-order valence-corrected chi connectivity index (χ4v) is 2.70. The van der Waals surface area contributed by atoms with Crippen LogP contribution in [0.5, 0.6) is 5.75 Å². The minimum atomic E-state index is -1.04. The molecule has 0 bridgehead atoms. The number of unbranched alkanes of at least 4 members (excludes halogenated alkanes) is 3. The van der Waals surface area contributed by atoms with Crippen molar-refractivity contribution in [3.8, 4) is 5.75 Å². The standard InChI is InChI=1S/C21H24N2O4S/c1-2-3-4-5-13-27-18-11-9-15(10-12-18)19(24)23-21(28)22-17-8-6-7-16(14-17)20(25)26/h6-12,14H,2-5,13H2,1H3,(H,25,26)(H2,22,23,24,28). The maximum atomic E-state index is 12.3. The molecule has 0 fully saturated rings. The smallest absolute Gasteiger partial charge is 0.335 e. The Hall–Kier alpha value is -2.93. The van der Waals surface area contributed by atoms with Gasteiger partial charge in [-0.2, -0.15) is 0 Å². The molecule has 0 saturated heterocycles. The van der Waals surface area contributed by atoms with Crippen molar-refractivity contribution in [1.82, 2.24) is 5.32 Å². The summed E-state index contributed by atoms with van der Waals surface area (Å²) in [7, 11) is 0. The quantitative estimate of drug-likeness (QED) is 0.425. The van der Waals surface area contributed by atoms with E-state index in [2.05, 4.69) is 17.6 Å². The zero-order chi connectivity index (χ0) is 20.4. The maximum absolute atomic E-state index is 12.3. The Kier molecular flexibility index (Phi) is 8.42. The van der Waals surface area contributed by atoms with Gasteiger partial charge >= 0.3 is 5.97 Å².